The van der Waals surface area contributed by atoms with Crippen molar-refractivity contribution in [3.63, 3.8) is 0 Å². The number of ketones is 1. The highest BCUT2D eigenvalue weighted by Crippen LogP contribution is 2.42. The van der Waals surface area contributed by atoms with E-state index >= 15 is 0 Å². The van der Waals surface area contributed by atoms with E-state index in [-0.39, 0.29) is 5.78 Å². The van der Waals surface area contributed by atoms with Crippen LogP contribution in [0.5, 0.6) is 0 Å². The van der Waals surface area contributed by atoms with Gasteiger partial charge in [-0.2, -0.15) is 5.10 Å². The van der Waals surface area contributed by atoms with E-state index in [2.05, 4.69) is 35.1 Å². The van der Waals surface area contributed by atoms with Crippen molar-refractivity contribution in [1.82, 2.24) is 24.7 Å². The minimum absolute atomic E-state index is 0.133. The molecule has 4 heterocycles. The van der Waals surface area contributed by atoms with E-state index in [0.29, 0.717) is 6.42 Å². The van der Waals surface area contributed by atoms with Gasteiger partial charge in [-0.3, -0.25) is 14.8 Å². The van der Waals surface area contributed by atoms with Crippen molar-refractivity contribution in [2.24, 2.45) is 0 Å². The number of thiazole rings is 1. The first-order chi connectivity index (χ1) is 15.5. The lowest BCUT2D eigenvalue weighted by molar-refractivity contribution is -0.116. The number of aromatic nitrogens is 5. The van der Waals surface area contributed by atoms with Crippen molar-refractivity contribution in [1.29, 1.82) is 0 Å². The monoisotopic (exact) mass is 443 g/mol. The number of aryl methyl sites for hydroxylation is 3. The fraction of sp³-hybridized carbons (Fsp3) is 0.320. The number of hydrogen-bond acceptors (Lipinski definition) is 6. The SMILES string of the molecule is CCc1ccc(-c2nn(-c3cccnc3C)c3c2CCCc2nc(CC(C)=O)sc2-3)cn1. The van der Waals surface area contributed by atoms with Crippen molar-refractivity contribution < 1.29 is 4.79 Å². The lowest BCUT2D eigenvalue weighted by atomic mass is 10.0. The normalized spacial score (nSPS) is 12.8. The molecule has 0 bridgehead atoms. The maximum atomic E-state index is 11.7. The van der Waals surface area contributed by atoms with Gasteiger partial charge >= 0.3 is 0 Å². The average Bonchev–Trinajstić information content (AvgIpc) is 3.30. The summed E-state index contributed by atoms with van der Waals surface area (Å²) in [7, 11) is 0. The van der Waals surface area contributed by atoms with Gasteiger partial charge in [0.15, 0.2) is 0 Å². The maximum Gasteiger partial charge on any atom is 0.136 e. The summed E-state index contributed by atoms with van der Waals surface area (Å²) in [4.78, 5) is 26.8. The number of carbonyl (C=O) groups is 1. The second-order valence-electron chi connectivity index (χ2n) is 8.20. The van der Waals surface area contributed by atoms with Gasteiger partial charge in [-0.15, -0.1) is 11.3 Å². The Morgan fingerprint density at radius 2 is 2.06 bits per heavy atom. The van der Waals surface area contributed by atoms with Gasteiger partial charge in [-0.05, 0) is 63.8 Å². The topological polar surface area (TPSA) is 73.6 Å². The fourth-order valence-electron chi connectivity index (χ4n) is 4.28. The number of hydrogen-bond donors (Lipinski definition) is 0. The van der Waals surface area contributed by atoms with Crippen LogP contribution in [-0.2, 0) is 30.5 Å². The Morgan fingerprint density at radius 3 is 2.78 bits per heavy atom. The molecule has 0 radical (unpaired) electrons. The Morgan fingerprint density at radius 1 is 1.19 bits per heavy atom. The fourth-order valence-corrected chi connectivity index (χ4v) is 5.52. The van der Waals surface area contributed by atoms with Gasteiger partial charge in [0.1, 0.15) is 10.8 Å². The minimum Gasteiger partial charge on any atom is -0.300 e. The summed E-state index contributed by atoms with van der Waals surface area (Å²) >= 11 is 1.62. The number of rotatable bonds is 5. The molecule has 162 valence electrons. The lowest BCUT2D eigenvalue weighted by Crippen LogP contribution is -2.03. The molecule has 32 heavy (non-hydrogen) atoms. The Labute approximate surface area is 191 Å². The van der Waals surface area contributed by atoms with E-state index in [9.17, 15) is 4.79 Å². The van der Waals surface area contributed by atoms with E-state index in [4.69, 9.17) is 10.1 Å². The largest absolute Gasteiger partial charge is 0.300 e. The second-order valence-corrected chi connectivity index (χ2v) is 9.29. The molecule has 0 aliphatic heterocycles. The number of carbonyl (C=O) groups excluding carboxylic acids is 1. The van der Waals surface area contributed by atoms with Crippen LogP contribution < -0.4 is 0 Å². The smallest absolute Gasteiger partial charge is 0.136 e. The first-order valence-corrected chi connectivity index (χ1v) is 11.8. The summed E-state index contributed by atoms with van der Waals surface area (Å²) in [5.74, 6) is 0.133. The Bertz CT molecular complexity index is 1300. The highest BCUT2D eigenvalue weighted by Gasteiger charge is 2.29. The summed E-state index contributed by atoms with van der Waals surface area (Å²) in [6.07, 6.45) is 7.84. The van der Waals surface area contributed by atoms with Crippen molar-refractivity contribution in [3.05, 3.63) is 64.3 Å². The predicted molar refractivity (Wildman–Crippen MR) is 126 cm³/mol. The molecule has 0 saturated carbocycles. The predicted octanol–water partition coefficient (Wildman–Crippen LogP) is 4.94. The van der Waals surface area contributed by atoms with E-state index in [1.54, 1.807) is 24.5 Å². The zero-order chi connectivity index (χ0) is 22.2. The second kappa shape index (κ2) is 8.39. The molecule has 5 rings (SSSR count). The van der Waals surface area contributed by atoms with Crippen LogP contribution in [-0.4, -0.2) is 30.5 Å². The van der Waals surface area contributed by atoms with Crippen molar-refractivity contribution in [2.45, 2.75) is 52.9 Å². The molecular formula is C25H25N5OS. The van der Waals surface area contributed by atoms with Crippen LogP contribution in [0, 0.1) is 6.92 Å². The molecule has 0 saturated heterocycles. The molecule has 0 atom stereocenters. The molecule has 0 unspecified atom stereocenters. The standard InChI is InChI=1S/C25H25N5OS/c1-4-18-11-10-17(14-27-18)23-19-7-5-8-20-25(32-22(28-20)13-15(2)31)24(19)30(29-23)21-9-6-12-26-16(21)3/h6,9-12,14H,4-5,7-8,13H2,1-3H3. The number of Topliss-reactive ketones (excluding diaryl/α,β-unsaturated/α-hetero) is 1. The maximum absolute atomic E-state index is 11.7. The molecule has 1 aliphatic rings. The highest BCUT2D eigenvalue weighted by atomic mass is 32.1. The van der Waals surface area contributed by atoms with E-state index in [1.807, 2.05) is 23.9 Å². The number of nitrogens with zero attached hydrogens (tertiary/aromatic N) is 5. The summed E-state index contributed by atoms with van der Waals surface area (Å²) in [6, 6.07) is 8.20. The molecule has 0 N–H and O–H groups in total. The Hall–Kier alpha value is -3.19. The van der Waals surface area contributed by atoms with Crippen LogP contribution in [0.25, 0.3) is 27.5 Å². The van der Waals surface area contributed by atoms with Gasteiger partial charge in [-0.1, -0.05) is 6.92 Å². The van der Waals surface area contributed by atoms with Gasteiger partial charge in [0, 0.05) is 29.2 Å². The average molecular weight is 444 g/mol. The molecule has 1 aliphatic carbocycles. The number of fused-ring (bicyclic) bond motifs is 3. The minimum atomic E-state index is 0.133. The highest BCUT2D eigenvalue weighted by molar-refractivity contribution is 7.15. The molecule has 0 aromatic carbocycles. The molecule has 7 heteroatoms. The van der Waals surface area contributed by atoms with Crippen LogP contribution in [0.4, 0.5) is 0 Å². The van der Waals surface area contributed by atoms with Crippen LogP contribution in [0.2, 0.25) is 0 Å². The van der Waals surface area contributed by atoms with Gasteiger partial charge < -0.3 is 0 Å². The zero-order valence-corrected chi connectivity index (χ0v) is 19.4. The number of pyridine rings is 2. The van der Waals surface area contributed by atoms with E-state index < -0.39 is 0 Å². The molecular weight excluding hydrogens is 418 g/mol. The quantitative estimate of drug-likeness (QED) is 0.437. The summed E-state index contributed by atoms with van der Waals surface area (Å²) in [5.41, 5.74) is 8.31. The van der Waals surface area contributed by atoms with Gasteiger partial charge in [0.2, 0.25) is 0 Å². The van der Waals surface area contributed by atoms with E-state index in [1.165, 1.54) is 5.56 Å². The summed E-state index contributed by atoms with van der Waals surface area (Å²) < 4.78 is 2.03. The van der Waals surface area contributed by atoms with E-state index in [0.717, 1.165) is 75.3 Å². The molecule has 6 nitrogen and oxygen atoms in total. The Balaban J connectivity index is 1.76. The van der Waals surface area contributed by atoms with Crippen LogP contribution >= 0.6 is 11.3 Å². The van der Waals surface area contributed by atoms with Crippen molar-refractivity contribution in [3.8, 4) is 27.5 Å². The van der Waals surface area contributed by atoms with Crippen molar-refractivity contribution in [2.75, 3.05) is 0 Å². The van der Waals surface area contributed by atoms with Gasteiger partial charge in [-0.25, -0.2) is 9.67 Å². The summed E-state index contributed by atoms with van der Waals surface area (Å²) in [6.45, 7) is 5.73. The Kier molecular flexibility index (Phi) is 5.43. The van der Waals surface area contributed by atoms with Crippen LogP contribution in [0.3, 0.4) is 0 Å². The first-order valence-electron chi connectivity index (χ1n) is 11.0. The zero-order valence-electron chi connectivity index (χ0n) is 18.6. The third-order valence-corrected chi connectivity index (χ3v) is 6.95. The van der Waals surface area contributed by atoms with Crippen LogP contribution in [0.1, 0.15) is 47.9 Å². The third kappa shape index (κ3) is 3.66. The molecule has 0 spiro atoms. The lowest BCUT2D eigenvalue weighted by Gasteiger charge is -2.09. The third-order valence-electron chi connectivity index (χ3n) is 5.85. The first kappa shape index (κ1) is 20.7. The molecule has 4 aromatic rings. The van der Waals surface area contributed by atoms with Crippen molar-refractivity contribution >= 4 is 17.1 Å². The molecule has 0 amide bonds. The molecule has 4 aromatic heterocycles. The summed E-state index contributed by atoms with van der Waals surface area (Å²) in [5, 5.41) is 5.98. The van der Waals surface area contributed by atoms with Gasteiger partial charge in [0.05, 0.1) is 39.8 Å². The molecule has 0 fully saturated rings. The van der Waals surface area contributed by atoms with Gasteiger partial charge in [0.25, 0.3) is 0 Å². The van der Waals surface area contributed by atoms with Crippen LogP contribution in [0.15, 0.2) is 36.7 Å².